The SMILES string of the molecule is N#Cc1cccc(OC2CCCN(C[C@H](OC(=O)Nc3ccc(Cl)cc3)C(F)(F)F)C2)c1. The molecule has 0 aliphatic carbocycles. The lowest BCUT2D eigenvalue weighted by Crippen LogP contribution is -2.49. The Kier molecular flexibility index (Phi) is 7.83. The average Bonchev–Trinajstić information content (AvgIpc) is 2.75. The number of anilines is 1. The van der Waals surface area contributed by atoms with Gasteiger partial charge in [0.1, 0.15) is 11.9 Å². The predicted octanol–water partition coefficient (Wildman–Crippen LogP) is 5.23. The molecular weight excluding hydrogens is 447 g/mol. The van der Waals surface area contributed by atoms with Gasteiger partial charge in [-0.1, -0.05) is 17.7 Å². The zero-order valence-corrected chi connectivity index (χ0v) is 17.7. The summed E-state index contributed by atoms with van der Waals surface area (Å²) >= 11 is 5.76. The summed E-state index contributed by atoms with van der Waals surface area (Å²) in [7, 11) is 0. The molecule has 0 spiro atoms. The quantitative estimate of drug-likeness (QED) is 0.629. The van der Waals surface area contributed by atoms with Gasteiger partial charge in [-0.15, -0.1) is 0 Å². The second-order valence-electron chi connectivity index (χ2n) is 7.35. The largest absolute Gasteiger partial charge is 0.489 e. The van der Waals surface area contributed by atoms with E-state index in [9.17, 15) is 18.0 Å². The molecule has 6 nitrogen and oxygen atoms in total. The minimum atomic E-state index is -4.73. The van der Waals surface area contributed by atoms with Crippen molar-refractivity contribution in [1.29, 1.82) is 5.26 Å². The van der Waals surface area contributed by atoms with Crippen LogP contribution in [0.3, 0.4) is 0 Å². The molecule has 0 radical (unpaired) electrons. The molecule has 1 fully saturated rings. The van der Waals surface area contributed by atoms with Crippen molar-refractivity contribution in [3.63, 3.8) is 0 Å². The number of alkyl halides is 3. The van der Waals surface area contributed by atoms with Crippen LogP contribution in [0.5, 0.6) is 5.75 Å². The number of likely N-dealkylation sites (tertiary alicyclic amines) is 1. The Hall–Kier alpha value is -2.96. The Morgan fingerprint density at radius 3 is 2.72 bits per heavy atom. The van der Waals surface area contributed by atoms with Crippen molar-refractivity contribution < 1.29 is 27.4 Å². The van der Waals surface area contributed by atoms with E-state index in [1.165, 1.54) is 24.3 Å². The van der Waals surface area contributed by atoms with Gasteiger partial charge in [0.25, 0.3) is 0 Å². The van der Waals surface area contributed by atoms with Crippen molar-refractivity contribution in [2.75, 3.05) is 25.0 Å². The van der Waals surface area contributed by atoms with E-state index in [1.807, 2.05) is 6.07 Å². The van der Waals surface area contributed by atoms with Crippen molar-refractivity contribution in [3.05, 3.63) is 59.1 Å². The summed E-state index contributed by atoms with van der Waals surface area (Å²) in [6.07, 6.45) is -7.27. The summed E-state index contributed by atoms with van der Waals surface area (Å²) in [5.74, 6) is 0.488. The number of nitriles is 1. The summed E-state index contributed by atoms with van der Waals surface area (Å²) in [6.45, 7) is 0.161. The molecule has 1 saturated heterocycles. The number of carbonyl (C=O) groups is 1. The number of nitrogens with one attached hydrogen (secondary N) is 1. The van der Waals surface area contributed by atoms with Gasteiger partial charge in [0, 0.05) is 23.8 Å². The molecule has 10 heteroatoms. The maximum atomic E-state index is 13.5. The smallest absolute Gasteiger partial charge is 0.426 e. The molecule has 2 aromatic rings. The van der Waals surface area contributed by atoms with E-state index in [0.717, 1.165) is 0 Å². The van der Waals surface area contributed by atoms with Gasteiger partial charge in [-0.05, 0) is 61.9 Å². The summed E-state index contributed by atoms with van der Waals surface area (Å²) in [6, 6.07) is 14.5. The minimum Gasteiger partial charge on any atom is -0.489 e. The number of piperidine rings is 1. The van der Waals surface area contributed by atoms with Crippen LogP contribution in [0.15, 0.2) is 48.5 Å². The fourth-order valence-electron chi connectivity index (χ4n) is 3.36. The van der Waals surface area contributed by atoms with Crippen LogP contribution in [-0.2, 0) is 4.74 Å². The topological polar surface area (TPSA) is 74.6 Å². The second-order valence-corrected chi connectivity index (χ2v) is 7.79. The number of hydrogen-bond acceptors (Lipinski definition) is 5. The van der Waals surface area contributed by atoms with Gasteiger partial charge in [-0.3, -0.25) is 10.2 Å². The molecular formula is C22H21ClF3N3O3. The molecule has 3 rings (SSSR count). The van der Waals surface area contributed by atoms with Crippen LogP contribution >= 0.6 is 11.6 Å². The molecule has 0 bridgehead atoms. The molecule has 2 atom stereocenters. The van der Waals surface area contributed by atoms with Crippen molar-refractivity contribution in [3.8, 4) is 11.8 Å². The highest BCUT2D eigenvalue weighted by Crippen LogP contribution is 2.26. The van der Waals surface area contributed by atoms with Crippen LogP contribution in [0.4, 0.5) is 23.7 Å². The number of rotatable bonds is 6. The summed E-state index contributed by atoms with van der Waals surface area (Å²) < 4.78 is 51.2. The van der Waals surface area contributed by atoms with E-state index in [2.05, 4.69) is 5.32 Å². The predicted molar refractivity (Wildman–Crippen MR) is 113 cm³/mol. The summed E-state index contributed by atoms with van der Waals surface area (Å²) in [5.41, 5.74) is 0.707. The Morgan fingerprint density at radius 1 is 1.28 bits per heavy atom. The Balaban J connectivity index is 1.58. The van der Waals surface area contributed by atoms with E-state index >= 15 is 0 Å². The second kappa shape index (κ2) is 10.6. The number of ether oxygens (including phenoxy) is 2. The van der Waals surface area contributed by atoms with E-state index < -0.39 is 24.9 Å². The Morgan fingerprint density at radius 2 is 2.03 bits per heavy atom. The summed E-state index contributed by atoms with van der Waals surface area (Å²) in [5, 5.41) is 11.7. The number of carbonyl (C=O) groups excluding carboxylic acids is 1. The van der Waals surface area contributed by atoms with Crippen LogP contribution in [0.25, 0.3) is 0 Å². The molecule has 1 aliphatic rings. The Labute approximate surface area is 188 Å². The third-order valence-electron chi connectivity index (χ3n) is 4.86. The van der Waals surface area contributed by atoms with Crippen LogP contribution in [0.2, 0.25) is 5.02 Å². The number of halogens is 4. The van der Waals surface area contributed by atoms with Gasteiger partial charge >= 0.3 is 12.3 Å². The lowest BCUT2D eigenvalue weighted by atomic mass is 10.1. The molecule has 1 aliphatic heterocycles. The standard InChI is InChI=1S/C22H21ClF3N3O3/c23-16-6-8-17(9-7-16)28-21(30)32-20(22(24,25)26)14-29-10-2-5-19(13-29)31-18-4-1-3-15(11-18)12-27/h1,3-4,6-9,11,19-20H,2,5,10,13-14H2,(H,28,30)/t19?,20-/m0/s1. The number of benzene rings is 2. The maximum absolute atomic E-state index is 13.5. The fourth-order valence-corrected chi connectivity index (χ4v) is 3.48. The molecule has 1 heterocycles. The van der Waals surface area contributed by atoms with Gasteiger partial charge in [-0.25, -0.2) is 4.79 Å². The van der Waals surface area contributed by atoms with Crippen LogP contribution in [0.1, 0.15) is 18.4 Å². The van der Waals surface area contributed by atoms with Gasteiger partial charge in [0.05, 0.1) is 11.6 Å². The molecule has 0 saturated carbocycles. The van der Waals surface area contributed by atoms with E-state index in [1.54, 1.807) is 29.2 Å². The van der Waals surface area contributed by atoms with E-state index in [-0.39, 0.29) is 18.3 Å². The van der Waals surface area contributed by atoms with Crippen molar-refractivity contribution >= 4 is 23.4 Å². The lowest BCUT2D eigenvalue weighted by molar-refractivity contribution is -0.207. The zero-order chi connectivity index (χ0) is 23.1. The van der Waals surface area contributed by atoms with Crippen LogP contribution in [0, 0.1) is 11.3 Å². The molecule has 2 aromatic carbocycles. The zero-order valence-electron chi connectivity index (χ0n) is 16.9. The van der Waals surface area contributed by atoms with Crippen molar-refractivity contribution in [1.82, 2.24) is 4.90 Å². The van der Waals surface area contributed by atoms with E-state index in [4.69, 9.17) is 26.3 Å². The molecule has 1 N–H and O–H groups in total. The van der Waals surface area contributed by atoms with Gasteiger partial charge in [0.2, 0.25) is 6.10 Å². The average molecular weight is 468 g/mol. The first-order valence-electron chi connectivity index (χ1n) is 9.92. The molecule has 1 unspecified atom stereocenters. The van der Waals surface area contributed by atoms with Crippen molar-refractivity contribution in [2.24, 2.45) is 0 Å². The third kappa shape index (κ3) is 7.04. The fraction of sp³-hybridized carbons (Fsp3) is 0.364. The first-order chi connectivity index (χ1) is 15.2. The highest BCUT2D eigenvalue weighted by atomic mass is 35.5. The number of nitrogens with zero attached hydrogens (tertiary/aromatic N) is 2. The molecule has 170 valence electrons. The summed E-state index contributed by atoms with van der Waals surface area (Å²) in [4.78, 5) is 13.6. The van der Waals surface area contributed by atoms with Gasteiger partial charge in [0.15, 0.2) is 0 Å². The first-order valence-corrected chi connectivity index (χ1v) is 10.3. The number of hydrogen-bond donors (Lipinski definition) is 1. The first kappa shape index (κ1) is 23.7. The Bertz CT molecular complexity index is 963. The lowest BCUT2D eigenvalue weighted by Gasteiger charge is -2.35. The van der Waals surface area contributed by atoms with Gasteiger partial charge < -0.3 is 9.47 Å². The molecule has 32 heavy (non-hydrogen) atoms. The van der Waals surface area contributed by atoms with Crippen molar-refractivity contribution in [2.45, 2.75) is 31.2 Å². The highest BCUT2D eigenvalue weighted by Gasteiger charge is 2.44. The number of amides is 1. The van der Waals surface area contributed by atoms with E-state index in [0.29, 0.717) is 35.7 Å². The maximum Gasteiger partial charge on any atom is 0.426 e. The third-order valence-corrected chi connectivity index (χ3v) is 5.11. The monoisotopic (exact) mass is 467 g/mol. The molecule has 0 aromatic heterocycles. The van der Waals surface area contributed by atoms with Crippen LogP contribution in [-0.4, -0.2) is 49.0 Å². The van der Waals surface area contributed by atoms with Crippen LogP contribution < -0.4 is 10.1 Å². The normalized spacial score (nSPS) is 17.8. The highest BCUT2D eigenvalue weighted by molar-refractivity contribution is 6.30. The molecule has 1 amide bonds. The van der Waals surface area contributed by atoms with Gasteiger partial charge in [-0.2, -0.15) is 18.4 Å². The minimum absolute atomic E-state index is 0.242.